The highest BCUT2D eigenvalue weighted by Gasteiger charge is 2.31. The van der Waals surface area contributed by atoms with Gasteiger partial charge in [0.25, 0.3) is 5.91 Å². The average molecular weight is 445 g/mol. The molecule has 0 aliphatic carbocycles. The number of urea groups is 1. The molecular weight excluding hydrogens is 417 g/mol. The second kappa shape index (κ2) is 11.4. The van der Waals surface area contributed by atoms with Gasteiger partial charge in [-0.1, -0.05) is 12.1 Å². The minimum Gasteiger partial charge on any atom is -0.497 e. The molecular formula is C23H28FN3O5. The minimum atomic E-state index is -0.568. The number of amides is 3. The Kier molecular flexibility index (Phi) is 8.41. The highest BCUT2D eigenvalue weighted by Crippen LogP contribution is 2.22. The molecule has 172 valence electrons. The maximum Gasteiger partial charge on any atom is 0.319 e. The van der Waals surface area contributed by atoms with Crippen LogP contribution in [0, 0.1) is 5.82 Å². The molecule has 1 heterocycles. The van der Waals surface area contributed by atoms with Crippen molar-refractivity contribution >= 4 is 17.6 Å². The van der Waals surface area contributed by atoms with Gasteiger partial charge in [0.2, 0.25) is 0 Å². The van der Waals surface area contributed by atoms with Crippen LogP contribution in [-0.4, -0.2) is 55.6 Å². The predicted molar refractivity (Wildman–Crippen MR) is 117 cm³/mol. The molecule has 0 aromatic heterocycles. The lowest BCUT2D eigenvalue weighted by Gasteiger charge is -2.36. The van der Waals surface area contributed by atoms with Crippen molar-refractivity contribution in [2.45, 2.75) is 37.5 Å². The van der Waals surface area contributed by atoms with Crippen LogP contribution in [0.1, 0.15) is 29.6 Å². The SMILES string of the molecule is COc1ccc(NC(=O)N[C@H]2CC[C@@H](CCNC(=O)c3ccccc3F)O[C@H]2CO)cc1. The van der Waals surface area contributed by atoms with Crippen molar-refractivity contribution in [2.75, 3.05) is 25.6 Å². The molecule has 3 atom stereocenters. The van der Waals surface area contributed by atoms with E-state index in [1.54, 1.807) is 37.4 Å². The van der Waals surface area contributed by atoms with E-state index >= 15 is 0 Å². The van der Waals surface area contributed by atoms with E-state index in [0.29, 0.717) is 37.2 Å². The summed E-state index contributed by atoms with van der Waals surface area (Å²) in [7, 11) is 1.57. The van der Waals surface area contributed by atoms with Gasteiger partial charge in [-0.15, -0.1) is 0 Å². The number of aliphatic hydroxyl groups excluding tert-OH is 1. The molecule has 0 unspecified atom stereocenters. The van der Waals surface area contributed by atoms with Gasteiger partial charge in [-0.25, -0.2) is 9.18 Å². The quantitative estimate of drug-likeness (QED) is 0.500. The van der Waals surface area contributed by atoms with E-state index in [0.717, 1.165) is 0 Å². The predicted octanol–water partition coefficient (Wildman–Crippen LogP) is 2.68. The number of carbonyl (C=O) groups is 2. The van der Waals surface area contributed by atoms with E-state index in [4.69, 9.17) is 9.47 Å². The highest BCUT2D eigenvalue weighted by molar-refractivity contribution is 5.94. The first-order chi connectivity index (χ1) is 15.5. The summed E-state index contributed by atoms with van der Waals surface area (Å²) < 4.78 is 24.7. The third-order valence-electron chi connectivity index (χ3n) is 5.33. The van der Waals surface area contributed by atoms with Gasteiger partial charge in [0.15, 0.2) is 0 Å². The van der Waals surface area contributed by atoms with Crippen LogP contribution in [-0.2, 0) is 4.74 Å². The Balaban J connectivity index is 1.43. The third-order valence-corrected chi connectivity index (χ3v) is 5.33. The molecule has 0 bridgehead atoms. The maximum atomic E-state index is 13.7. The van der Waals surface area contributed by atoms with E-state index in [-0.39, 0.29) is 24.3 Å². The van der Waals surface area contributed by atoms with Crippen LogP contribution in [0.15, 0.2) is 48.5 Å². The topological polar surface area (TPSA) is 109 Å². The zero-order valence-electron chi connectivity index (χ0n) is 17.8. The molecule has 8 nitrogen and oxygen atoms in total. The standard InChI is InChI=1S/C23H28FN3O5/c1-31-16-8-6-15(7-9-16)26-23(30)27-20-11-10-17(32-21(20)14-28)12-13-25-22(29)18-4-2-3-5-19(18)24/h2-9,17,20-21,28H,10-14H2,1H3,(H,25,29)(H2,26,27,30)/t17-,20-,21-/m0/s1. The Morgan fingerprint density at radius 3 is 2.59 bits per heavy atom. The Labute approximate surface area is 186 Å². The van der Waals surface area contributed by atoms with E-state index in [1.165, 1.54) is 18.2 Å². The van der Waals surface area contributed by atoms with Crippen molar-refractivity contribution in [3.63, 3.8) is 0 Å². The lowest BCUT2D eigenvalue weighted by molar-refractivity contribution is -0.0886. The number of nitrogens with one attached hydrogen (secondary N) is 3. The largest absolute Gasteiger partial charge is 0.497 e. The van der Waals surface area contributed by atoms with Crippen LogP contribution in [0.5, 0.6) is 5.75 Å². The van der Waals surface area contributed by atoms with Gasteiger partial charge in [-0.3, -0.25) is 4.79 Å². The van der Waals surface area contributed by atoms with E-state index in [9.17, 15) is 19.1 Å². The van der Waals surface area contributed by atoms with Gasteiger partial charge >= 0.3 is 6.03 Å². The number of anilines is 1. The molecule has 0 saturated carbocycles. The van der Waals surface area contributed by atoms with Gasteiger partial charge in [0, 0.05) is 12.2 Å². The summed E-state index contributed by atoms with van der Waals surface area (Å²) in [5, 5.41) is 18.0. The minimum absolute atomic E-state index is 0.00238. The number of aliphatic hydroxyl groups is 1. The Morgan fingerprint density at radius 2 is 1.91 bits per heavy atom. The number of ether oxygens (including phenoxy) is 2. The molecule has 9 heteroatoms. The molecule has 1 aliphatic heterocycles. The second-order valence-electron chi connectivity index (χ2n) is 7.51. The molecule has 3 rings (SSSR count). The number of methoxy groups -OCH3 is 1. The van der Waals surface area contributed by atoms with Crippen LogP contribution in [0.3, 0.4) is 0 Å². The first-order valence-corrected chi connectivity index (χ1v) is 10.5. The normalized spacial score (nSPS) is 20.3. The molecule has 2 aromatic carbocycles. The summed E-state index contributed by atoms with van der Waals surface area (Å²) in [6.45, 7) is 0.0671. The van der Waals surface area contributed by atoms with Gasteiger partial charge in [0.05, 0.1) is 31.4 Å². The van der Waals surface area contributed by atoms with Crippen molar-refractivity contribution in [3.05, 3.63) is 59.9 Å². The molecule has 2 aromatic rings. The number of hydrogen-bond acceptors (Lipinski definition) is 5. The Bertz CT molecular complexity index is 909. The summed E-state index contributed by atoms with van der Waals surface area (Å²) in [6, 6.07) is 12.0. The lowest BCUT2D eigenvalue weighted by atomic mass is 9.97. The van der Waals surface area contributed by atoms with Crippen molar-refractivity contribution in [1.82, 2.24) is 10.6 Å². The molecule has 1 aliphatic rings. The molecule has 32 heavy (non-hydrogen) atoms. The lowest BCUT2D eigenvalue weighted by Crippen LogP contribution is -2.52. The fraction of sp³-hybridized carbons (Fsp3) is 0.391. The average Bonchev–Trinajstić information content (AvgIpc) is 2.80. The summed E-state index contributed by atoms with van der Waals surface area (Å²) >= 11 is 0. The zero-order chi connectivity index (χ0) is 22.9. The number of benzene rings is 2. The van der Waals surface area contributed by atoms with Crippen LogP contribution in [0.2, 0.25) is 0 Å². The number of rotatable bonds is 8. The van der Waals surface area contributed by atoms with Gasteiger partial charge < -0.3 is 30.5 Å². The Morgan fingerprint density at radius 1 is 1.16 bits per heavy atom. The van der Waals surface area contributed by atoms with E-state index < -0.39 is 23.9 Å². The van der Waals surface area contributed by atoms with Crippen molar-refractivity contribution in [3.8, 4) is 5.75 Å². The van der Waals surface area contributed by atoms with Gasteiger partial charge in [-0.2, -0.15) is 0 Å². The Hall–Kier alpha value is -3.17. The van der Waals surface area contributed by atoms with Gasteiger partial charge in [0.1, 0.15) is 17.7 Å². The zero-order valence-corrected chi connectivity index (χ0v) is 17.8. The maximum absolute atomic E-state index is 13.7. The summed E-state index contributed by atoms with van der Waals surface area (Å²) in [6.07, 6.45) is 1.04. The van der Waals surface area contributed by atoms with Crippen LogP contribution < -0.4 is 20.7 Å². The molecule has 3 amide bonds. The molecule has 1 saturated heterocycles. The molecule has 1 fully saturated rings. The van der Waals surface area contributed by atoms with Gasteiger partial charge in [-0.05, 0) is 55.7 Å². The van der Waals surface area contributed by atoms with E-state index in [1.807, 2.05) is 0 Å². The van der Waals surface area contributed by atoms with Crippen LogP contribution >= 0.6 is 0 Å². The van der Waals surface area contributed by atoms with E-state index in [2.05, 4.69) is 16.0 Å². The molecule has 0 spiro atoms. The van der Waals surface area contributed by atoms with Crippen molar-refractivity contribution in [1.29, 1.82) is 0 Å². The second-order valence-corrected chi connectivity index (χ2v) is 7.51. The number of carbonyl (C=O) groups excluding carboxylic acids is 2. The van der Waals surface area contributed by atoms with Crippen LogP contribution in [0.25, 0.3) is 0 Å². The fourth-order valence-electron chi connectivity index (χ4n) is 3.61. The third kappa shape index (κ3) is 6.41. The molecule has 0 radical (unpaired) electrons. The smallest absolute Gasteiger partial charge is 0.319 e. The number of halogens is 1. The van der Waals surface area contributed by atoms with Crippen molar-refractivity contribution < 1.29 is 28.6 Å². The monoisotopic (exact) mass is 445 g/mol. The first-order valence-electron chi connectivity index (χ1n) is 10.5. The highest BCUT2D eigenvalue weighted by atomic mass is 19.1. The summed E-state index contributed by atoms with van der Waals surface area (Å²) in [4.78, 5) is 24.4. The fourth-order valence-corrected chi connectivity index (χ4v) is 3.61. The summed E-state index contributed by atoms with van der Waals surface area (Å²) in [5.74, 6) is -0.360. The molecule has 4 N–H and O–H groups in total. The van der Waals surface area contributed by atoms with Crippen molar-refractivity contribution in [2.24, 2.45) is 0 Å². The number of hydrogen-bond donors (Lipinski definition) is 4. The first kappa shape index (κ1) is 23.5. The van der Waals surface area contributed by atoms with Crippen LogP contribution in [0.4, 0.5) is 14.9 Å². The summed E-state index contributed by atoms with van der Waals surface area (Å²) in [5.41, 5.74) is 0.612.